The number of anilines is 1. The monoisotopic (exact) mass is 372 g/mol. The van der Waals surface area contributed by atoms with Crippen molar-refractivity contribution in [2.24, 2.45) is 0 Å². The lowest BCUT2D eigenvalue weighted by molar-refractivity contribution is -0.137. The number of para-hydroxylation sites is 1. The third-order valence-electron chi connectivity index (χ3n) is 3.80. The Morgan fingerprint density at radius 2 is 1.81 bits per heavy atom. The molecule has 1 aliphatic rings. The number of nitrogens with zero attached hydrogens (tertiary/aromatic N) is 1. The lowest BCUT2D eigenvalue weighted by Crippen LogP contribution is -2.34. The molecule has 0 saturated heterocycles. The van der Waals surface area contributed by atoms with E-state index in [-0.39, 0.29) is 24.7 Å². The predicted molar refractivity (Wildman–Crippen MR) is 97.9 cm³/mol. The standard InChI is InChI=1S/C19H17FN2O3S/c20-14-7-5-13(6-8-14)12-26-17-4-2-1-3-15(17)21-16-11-18(24)22(9-10-23)19(16)25/h1-8,11,21,23H,9-10,12H2. The molecule has 1 heterocycles. The number of amides is 2. The molecule has 2 aromatic carbocycles. The van der Waals surface area contributed by atoms with E-state index in [1.807, 2.05) is 24.3 Å². The lowest BCUT2D eigenvalue weighted by Gasteiger charge is -2.15. The second-order valence-electron chi connectivity index (χ2n) is 5.61. The van der Waals surface area contributed by atoms with Crippen molar-refractivity contribution in [3.63, 3.8) is 0 Å². The molecular weight excluding hydrogens is 355 g/mol. The Labute approximate surface area is 154 Å². The van der Waals surface area contributed by atoms with Crippen molar-refractivity contribution in [2.45, 2.75) is 10.6 Å². The van der Waals surface area contributed by atoms with Crippen LogP contribution in [0.1, 0.15) is 5.56 Å². The third kappa shape index (κ3) is 4.12. The number of carbonyl (C=O) groups is 2. The number of β-amino-alcohol motifs (C(OH)–C–C–N with tert-alkyl or cyclic N) is 1. The van der Waals surface area contributed by atoms with Crippen LogP contribution in [0.2, 0.25) is 0 Å². The van der Waals surface area contributed by atoms with Gasteiger partial charge in [-0.1, -0.05) is 24.3 Å². The van der Waals surface area contributed by atoms with E-state index in [1.54, 1.807) is 23.9 Å². The number of rotatable bonds is 7. The number of thioether (sulfide) groups is 1. The molecule has 3 rings (SSSR count). The fourth-order valence-corrected chi connectivity index (χ4v) is 3.46. The molecule has 0 radical (unpaired) electrons. The number of hydrogen-bond donors (Lipinski definition) is 2. The summed E-state index contributed by atoms with van der Waals surface area (Å²) in [6, 6.07) is 13.7. The summed E-state index contributed by atoms with van der Waals surface area (Å²) in [5.74, 6) is -0.531. The zero-order valence-electron chi connectivity index (χ0n) is 13.8. The van der Waals surface area contributed by atoms with E-state index in [1.165, 1.54) is 18.2 Å². The van der Waals surface area contributed by atoms with Crippen LogP contribution in [0.4, 0.5) is 10.1 Å². The van der Waals surface area contributed by atoms with Crippen LogP contribution in [0.25, 0.3) is 0 Å². The van der Waals surface area contributed by atoms with Gasteiger partial charge in [-0.05, 0) is 29.8 Å². The first-order valence-electron chi connectivity index (χ1n) is 8.00. The second kappa shape index (κ2) is 8.16. The average molecular weight is 372 g/mol. The van der Waals surface area contributed by atoms with Crippen LogP contribution < -0.4 is 5.32 Å². The van der Waals surface area contributed by atoms with Gasteiger partial charge >= 0.3 is 0 Å². The van der Waals surface area contributed by atoms with Gasteiger partial charge in [0.1, 0.15) is 11.5 Å². The lowest BCUT2D eigenvalue weighted by atomic mass is 10.2. The number of hydrogen-bond acceptors (Lipinski definition) is 5. The smallest absolute Gasteiger partial charge is 0.277 e. The van der Waals surface area contributed by atoms with Crippen molar-refractivity contribution in [3.05, 3.63) is 71.7 Å². The highest BCUT2D eigenvalue weighted by molar-refractivity contribution is 7.98. The van der Waals surface area contributed by atoms with Gasteiger partial charge in [-0.2, -0.15) is 0 Å². The van der Waals surface area contributed by atoms with Gasteiger partial charge in [0.2, 0.25) is 0 Å². The minimum absolute atomic E-state index is 0.0275. The van der Waals surface area contributed by atoms with Gasteiger partial charge in [0.25, 0.3) is 11.8 Å². The zero-order chi connectivity index (χ0) is 18.5. The summed E-state index contributed by atoms with van der Waals surface area (Å²) in [6.45, 7) is -0.303. The minimum Gasteiger partial charge on any atom is -0.395 e. The Morgan fingerprint density at radius 1 is 1.08 bits per heavy atom. The first kappa shape index (κ1) is 18.2. The molecule has 2 amide bonds. The second-order valence-corrected chi connectivity index (χ2v) is 6.63. The number of benzene rings is 2. The number of carbonyl (C=O) groups excluding carboxylic acids is 2. The van der Waals surface area contributed by atoms with Gasteiger partial charge in [0, 0.05) is 16.7 Å². The highest BCUT2D eigenvalue weighted by Gasteiger charge is 2.30. The van der Waals surface area contributed by atoms with Crippen LogP contribution in [-0.2, 0) is 15.3 Å². The first-order valence-corrected chi connectivity index (χ1v) is 8.98. The SMILES string of the molecule is O=C1C=C(Nc2ccccc2SCc2ccc(F)cc2)C(=O)N1CCO. The van der Waals surface area contributed by atoms with Crippen molar-refractivity contribution in [1.29, 1.82) is 0 Å². The molecule has 1 aliphatic heterocycles. The van der Waals surface area contributed by atoms with Crippen LogP contribution >= 0.6 is 11.8 Å². The van der Waals surface area contributed by atoms with Crippen molar-refractivity contribution >= 4 is 29.3 Å². The molecule has 0 unspecified atom stereocenters. The normalized spacial score (nSPS) is 13.9. The Kier molecular flexibility index (Phi) is 5.70. The molecule has 134 valence electrons. The Hall–Kier alpha value is -2.64. The maximum atomic E-state index is 13.0. The van der Waals surface area contributed by atoms with Crippen LogP contribution in [-0.4, -0.2) is 35.0 Å². The summed E-state index contributed by atoms with van der Waals surface area (Å²) in [6.07, 6.45) is 1.24. The molecule has 5 nitrogen and oxygen atoms in total. The van der Waals surface area contributed by atoms with E-state index in [0.717, 1.165) is 15.4 Å². The molecule has 0 fully saturated rings. The van der Waals surface area contributed by atoms with Crippen LogP contribution in [0, 0.1) is 5.82 Å². The van der Waals surface area contributed by atoms with Crippen molar-refractivity contribution in [3.8, 4) is 0 Å². The molecule has 0 spiro atoms. The van der Waals surface area contributed by atoms with E-state index in [0.29, 0.717) is 11.4 Å². The highest BCUT2D eigenvalue weighted by Crippen LogP contribution is 2.31. The van der Waals surface area contributed by atoms with E-state index in [2.05, 4.69) is 5.32 Å². The van der Waals surface area contributed by atoms with Gasteiger partial charge in [0.15, 0.2) is 0 Å². The molecule has 26 heavy (non-hydrogen) atoms. The van der Waals surface area contributed by atoms with E-state index >= 15 is 0 Å². The van der Waals surface area contributed by atoms with Crippen LogP contribution in [0.3, 0.4) is 0 Å². The quantitative estimate of drug-likeness (QED) is 0.578. The average Bonchev–Trinajstić information content (AvgIpc) is 2.90. The third-order valence-corrected chi connectivity index (χ3v) is 4.94. The van der Waals surface area contributed by atoms with E-state index < -0.39 is 11.8 Å². The van der Waals surface area contributed by atoms with Crippen molar-refractivity contribution in [1.82, 2.24) is 4.90 Å². The first-order chi connectivity index (χ1) is 12.6. The van der Waals surface area contributed by atoms with Gasteiger partial charge in [-0.3, -0.25) is 14.5 Å². The molecule has 0 saturated carbocycles. The summed E-state index contributed by atoms with van der Waals surface area (Å²) in [7, 11) is 0. The maximum absolute atomic E-state index is 13.0. The number of nitrogens with one attached hydrogen (secondary N) is 1. The molecule has 2 aromatic rings. The molecule has 0 atom stereocenters. The number of aliphatic hydroxyl groups excluding tert-OH is 1. The maximum Gasteiger partial charge on any atom is 0.277 e. The van der Waals surface area contributed by atoms with Crippen LogP contribution in [0.15, 0.2) is 65.2 Å². The Balaban J connectivity index is 1.71. The molecular formula is C19H17FN2O3S. The molecule has 0 aliphatic carbocycles. The fraction of sp³-hybridized carbons (Fsp3) is 0.158. The summed E-state index contributed by atoms with van der Waals surface area (Å²) in [5, 5.41) is 12.0. The molecule has 2 N–H and O–H groups in total. The molecule has 0 aromatic heterocycles. The summed E-state index contributed by atoms with van der Waals surface area (Å²) < 4.78 is 13.0. The molecule has 0 bridgehead atoms. The fourth-order valence-electron chi connectivity index (χ4n) is 2.49. The Bertz CT molecular complexity index is 852. The van der Waals surface area contributed by atoms with Crippen molar-refractivity contribution < 1.29 is 19.1 Å². The van der Waals surface area contributed by atoms with Crippen molar-refractivity contribution in [2.75, 3.05) is 18.5 Å². The number of imide groups is 1. The van der Waals surface area contributed by atoms with E-state index in [9.17, 15) is 14.0 Å². The summed E-state index contributed by atoms with van der Waals surface area (Å²) in [4.78, 5) is 26.0. The van der Waals surface area contributed by atoms with E-state index in [4.69, 9.17) is 5.11 Å². The largest absolute Gasteiger partial charge is 0.395 e. The molecule has 7 heteroatoms. The topological polar surface area (TPSA) is 69.6 Å². The minimum atomic E-state index is -0.456. The summed E-state index contributed by atoms with van der Waals surface area (Å²) >= 11 is 1.54. The number of aliphatic hydroxyl groups is 1. The Morgan fingerprint density at radius 3 is 2.54 bits per heavy atom. The van der Waals surface area contributed by atoms with Gasteiger partial charge in [-0.25, -0.2) is 4.39 Å². The zero-order valence-corrected chi connectivity index (χ0v) is 14.6. The van der Waals surface area contributed by atoms with Crippen LogP contribution in [0.5, 0.6) is 0 Å². The van der Waals surface area contributed by atoms with Gasteiger partial charge < -0.3 is 10.4 Å². The summed E-state index contributed by atoms with van der Waals surface area (Å²) in [5.41, 5.74) is 1.86. The predicted octanol–water partition coefficient (Wildman–Crippen LogP) is 2.77. The highest BCUT2D eigenvalue weighted by atomic mass is 32.2. The number of halogens is 1. The van der Waals surface area contributed by atoms with Gasteiger partial charge in [0.05, 0.1) is 18.8 Å². The van der Waals surface area contributed by atoms with Gasteiger partial charge in [-0.15, -0.1) is 11.8 Å².